The Hall–Kier alpha value is 0.960. The molecular formula is C11H12Br2. The molecule has 6 bridgehead atoms. The Kier molecular flexibility index (Phi) is 0.954. The van der Waals surface area contributed by atoms with E-state index in [0.717, 1.165) is 35.5 Å². The van der Waals surface area contributed by atoms with Gasteiger partial charge in [-0.1, -0.05) is 31.9 Å². The van der Waals surface area contributed by atoms with Crippen molar-refractivity contribution in [3.8, 4) is 0 Å². The summed E-state index contributed by atoms with van der Waals surface area (Å²) in [5, 5.41) is 0. The fourth-order valence-electron chi connectivity index (χ4n) is 6.53. The van der Waals surface area contributed by atoms with E-state index in [1.165, 1.54) is 11.8 Å². The normalized spacial score (nSPS) is 78.0. The third kappa shape index (κ3) is 0.480. The lowest BCUT2D eigenvalue weighted by Crippen LogP contribution is -2.30. The zero-order chi connectivity index (χ0) is 8.53. The summed E-state index contributed by atoms with van der Waals surface area (Å²) in [5.41, 5.74) is 0. The summed E-state index contributed by atoms with van der Waals surface area (Å²) in [5.74, 6) is 8.83. The van der Waals surface area contributed by atoms with Gasteiger partial charge in [0.25, 0.3) is 0 Å². The van der Waals surface area contributed by atoms with Gasteiger partial charge < -0.3 is 0 Å². The minimum Gasteiger partial charge on any atom is -0.0721 e. The predicted octanol–water partition coefficient (Wildman–Crippen LogP) is 3.25. The van der Waals surface area contributed by atoms with Crippen molar-refractivity contribution in [3.63, 3.8) is 0 Å². The van der Waals surface area contributed by atoms with E-state index in [4.69, 9.17) is 0 Å². The molecule has 0 unspecified atom stereocenters. The first kappa shape index (κ1) is 7.27. The lowest BCUT2D eigenvalue weighted by atomic mass is 9.71. The van der Waals surface area contributed by atoms with Gasteiger partial charge in [0.05, 0.1) is 3.23 Å². The van der Waals surface area contributed by atoms with Crippen LogP contribution in [-0.4, -0.2) is 3.23 Å². The highest BCUT2D eigenvalue weighted by Crippen LogP contribution is 2.87. The summed E-state index contributed by atoms with van der Waals surface area (Å²) >= 11 is 8.01. The highest BCUT2D eigenvalue weighted by molar-refractivity contribution is 9.25. The Balaban J connectivity index is 1.88. The minimum absolute atomic E-state index is 0.380. The maximum absolute atomic E-state index is 4.01. The van der Waals surface area contributed by atoms with Gasteiger partial charge >= 0.3 is 0 Å². The van der Waals surface area contributed by atoms with Gasteiger partial charge in [-0.15, -0.1) is 0 Å². The standard InChI is InChI=1S/C11H12Br2/c12-11(13)9-5-1-3-4-2-6(7(3)9)10(11)8(4)5/h3-10H,1-2H2/t3-,4+,5-,6-,7+,8+,9-,10-/m0/s1. The molecule has 0 nitrogen and oxygen atoms in total. The first-order valence-electron chi connectivity index (χ1n) is 5.59. The molecule has 6 fully saturated rings. The fourth-order valence-corrected chi connectivity index (χ4v) is 9.11. The van der Waals surface area contributed by atoms with E-state index in [1.807, 2.05) is 0 Å². The van der Waals surface area contributed by atoms with Crippen molar-refractivity contribution < 1.29 is 0 Å². The molecule has 6 aliphatic rings. The Morgan fingerprint density at radius 1 is 0.769 bits per heavy atom. The van der Waals surface area contributed by atoms with Gasteiger partial charge in [-0.05, 0) is 60.2 Å². The molecule has 0 aromatic carbocycles. The zero-order valence-electron chi connectivity index (χ0n) is 7.29. The van der Waals surface area contributed by atoms with Crippen LogP contribution >= 0.6 is 31.9 Å². The van der Waals surface area contributed by atoms with Crippen molar-refractivity contribution in [2.24, 2.45) is 47.3 Å². The summed E-state index contributed by atoms with van der Waals surface area (Å²) in [6.45, 7) is 0. The SMILES string of the molecule is BrC1(Br)[C@H]2[C@H]3C[C@@H]4[C@@H]5C[C@@H]([C@@H]42)[C@H]1[C@H]53. The topological polar surface area (TPSA) is 0 Å². The van der Waals surface area contributed by atoms with E-state index in [9.17, 15) is 0 Å². The quantitative estimate of drug-likeness (QED) is 0.603. The largest absolute Gasteiger partial charge is 0.0872 e. The molecule has 8 atom stereocenters. The van der Waals surface area contributed by atoms with Gasteiger partial charge in [0.1, 0.15) is 0 Å². The van der Waals surface area contributed by atoms with Gasteiger partial charge in [-0.2, -0.15) is 0 Å². The number of alkyl halides is 2. The van der Waals surface area contributed by atoms with Crippen molar-refractivity contribution in [3.05, 3.63) is 0 Å². The Morgan fingerprint density at radius 2 is 1.23 bits per heavy atom. The molecule has 0 N–H and O–H groups in total. The molecule has 0 saturated heterocycles. The monoisotopic (exact) mass is 302 g/mol. The third-order valence-electron chi connectivity index (χ3n) is 6.26. The summed E-state index contributed by atoms with van der Waals surface area (Å²) in [7, 11) is 0. The first-order chi connectivity index (χ1) is 6.21. The van der Waals surface area contributed by atoms with E-state index < -0.39 is 0 Å². The van der Waals surface area contributed by atoms with Crippen LogP contribution in [0.3, 0.4) is 0 Å². The van der Waals surface area contributed by atoms with Crippen LogP contribution in [0, 0.1) is 47.3 Å². The van der Waals surface area contributed by atoms with E-state index in [-0.39, 0.29) is 0 Å². The van der Waals surface area contributed by atoms with Gasteiger partial charge in [0.15, 0.2) is 0 Å². The molecule has 0 amide bonds. The molecule has 0 aromatic rings. The average Bonchev–Trinajstić information content (AvgIpc) is 2.71. The molecule has 0 aliphatic heterocycles. The second-order valence-corrected chi connectivity index (χ2v) is 9.70. The molecule has 0 spiro atoms. The Bertz CT molecular complexity index is 294. The molecule has 0 aromatic heterocycles. The van der Waals surface area contributed by atoms with Crippen LogP contribution in [-0.2, 0) is 0 Å². The number of rotatable bonds is 0. The molecule has 6 saturated carbocycles. The van der Waals surface area contributed by atoms with Crippen LogP contribution in [0.4, 0.5) is 0 Å². The van der Waals surface area contributed by atoms with Crippen molar-refractivity contribution >= 4 is 31.9 Å². The summed E-state index contributed by atoms with van der Waals surface area (Å²) in [4.78, 5) is 0. The molecule has 0 radical (unpaired) electrons. The van der Waals surface area contributed by atoms with E-state index in [2.05, 4.69) is 31.9 Å². The van der Waals surface area contributed by atoms with Gasteiger partial charge in [-0.3, -0.25) is 0 Å². The molecule has 0 heterocycles. The van der Waals surface area contributed by atoms with Crippen LogP contribution < -0.4 is 0 Å². The first-order valence-corrected chi connectivity index (χ1v) is 7.17. The summed E-state index contributed by atoms with van der Waals surface area (Å²) in [6, 6.07) is 0. The van der Waals surface area contributed by atoms with Gasteiger partial charge in [0, 0.05) is 0 Å². The Morgan fingerprint density at radius 3 is 1.69 bits per heavy atom. The molecule has 6 rings (SSSR count). The maximum Gasteiger partial charge on any atom is 0.0872 e. The predicted molar refractivity (Wildman–Crippen MR) is 57.7 cm³/mol. The summed E-state index contributed by atoms with van der Waals surface area (Å²) in [6.07, 6.45) is 3.19. The van der Waals surface area contributed by atoms with Crippen LogP contribution in [0.5, 0.6) is 0 Å². The second-order valence-electron chi connectivity index (χ2n) is 6.01. The van der Waals surface area contributed by atoms with Crippen molar-refractivity contribution in [2.45, 2.75) is 16.1 Å². The van der Waals surface area contributed by atoms with Crippen LogP contribution in [0.2, 0.25) is 0 Å². The fraction of sp³-hybridized carbons (Fsp3) is 1.00. The van der Waals surface area contributed by atoms with E-state index in [1.54, 1.807) is 12.8 Å². The van der Waals surface area contributed by atoms with Crippen LogP contribution in [0.25, 0.3) is 0 Å². The highest BCUT2D eigenvalue weighted by atomic mass is 79.9. The zero-order valence-corrected chi connectivity index (χ0v) is 10.5. The minimum atomic E-state index is 0.380. The number of halogens is 2. The molecule has 2 heteroatoms. The van der Waals surface area contributed by atoms with Crippen LogP contribution in [0.15, 0.2) is 0 Å². The van der Waals surface area contributed by atoms with Crippen molar-refractivity contribution in [2.75, 3.05) is 0 Å². The molecular weight excluding hydrogens is 292 g/mol. The van der Waals surface area contributed by atoms with E-state index >= 15 is 0 Å². The average molecular weight is 304 g/mol. The highest BCUT2D eigenvalue weighted by Gasteiger charge is 2.83. The van der Waals surface area contributed by atoms with Gasteiger partial charge in [0.2, 0.25) is 0 Å². The third-order valence-corrected chi connectivity index (χ3v) is 8.37. The molecule has 6 aliphatic carbocycles. The Labute approximate surface area is 95.1 Å². The van der Waals surface area contributed by atoms with Crippen molar-refractivity contribution in [1.29, 1.82) is 0 Å². The number of hydrogen-bond acceptors (Lipinski definition) is 0. The molecule has 70 valence electrons. The molecule has 13 heavy (non-hydrogen) atoms. The smallest absolute Gasteiger partial charge is 0.0721 e. The van der Waals surface area contributed by atoms with Crippen molar-refractivity contribution in [1.82, 2.24) is 0 Å². The maximum atomic E-state index is 4.01. The lowest BCUT2D eigenvalue weighted by molar-refractivity contribution is 0.132. The lowest BCUT2D eigenvalue weighted by Gasteiger charge is -2.33. The number of hydrogen-bond donors (Lipinski definition) is 0. The summed E-state index contributed by atoms with van der Waals surface area (Å²) < 4.78 is 0.380. The van der Waals surface area contributed by atoms with Gasteiger partial charge in [-0.25, -0.2) is 0 Å². The van der Waals surface area contributed by atoms with Crippen LogP contribution in [0.1, 0.15) is 12.8 Å². The second kappa shape index (κ2) is 1.71. The van der Waals surface area contributed by atoms with E-state index in [0.29, 0.717) is 3.23 Å².